The molecule has 0 spiro atoms. The fourth-order valence-corrected chi connectivity index (χ4v) is 7.34. The van der Waals surface area contributed by atoms with E-state index in [0.29, 0.717) is 5.89 Å². The van der Waals surface area contributed by atoms with E-state index in [9.17, 15) is 0 Å². The number of aromatic nitrogens is 3. The maximum absolute atomic E-state index is 6.67. The van der Waals surface area contributed by atoms with Gasteiger partial charge in [0.15, 0.2) is 5.58 Å². The van der Waals surface area contributed by atoms with Crippen molar-refractivity contribution in [2.45, 2.75) is 0 Å². The van der Waals surface area contributed by atoms with Crippen molar-refractivity contribution in [3.8, 4) is 34.0 Å². The van der Waals surface area contributed by atoms with Crippen molar-refractivity contribution in [3.05, 3.63) is 164 Å². The molecule has 47 heavy (non-hydrogen) atoms. The first-order valence-electron chi connectivity index (χ1n) is 15.9. The zero-order chi connectivity index (χ0) is 30.9. The van der Waals surface area contributed by atoms with Gasteiger partial charge in [-0.1, -0.05) is 109 Å². The van der Waals surface area contributed by atoms with Crippen LogP contribution in [0, 0.1) is 0 Å². The molecule has 0 atom stereocenters. The van der Waals surface area contributed by atoms with Crippen molar-refractivity contribution in [3.63, 3.8) is 0 Å². The van der Waals surface area contributed by atoms with Crippen molar-refractivity contribution >= 4 is 54.7 Å². The van der Waals surface area contributed by atoms with Crippen LogP contribution in [0.25, 0.3) is 88.7 Å². The second-order valence-corrected chi connectivity index (χ2v) is 12.0. The molecule has 220 valence electrons. The van der Waals surface area contributed by atoms with Crippen molar-refractivity contribution in [1.82, 2.24) is 14.1 Å². The average Bonchev–Trinajstić information content (AvgIpc) is 3.82. The molecule has 0 unspecified atom stereocenters. The van der Waals surface area contributed by atoms with Gasteiger partial charge in [-0.25, -0.2) is 4.98 Å². The maximum atomic E-state index is 6.67. The Morgan fingerprint density at radius 3 is 1.55 bits per heavy atom. The summed E-state index contributed by atoms with van der Waals surface area (Å²) in [6.45, 7) is 0. The minimum atomic E-state index is 0.611. The Labute approximate surface area is 270 Å². The lowest BCUT2D eigenvalue weighted by Crippen LogP contribution is -1.95. The molecule has 0 aliphatic rings. The third kappa shape index (κ3) is 3.85. The largest absolute Gasteiger partial charge is 0.436 e. The maximum Gasteiger partial charge on any atom is 0.229 e. The van der Waals surface area contributed by atoms with E-state index in [0.717, 1.165) is 50.2 Å². The highest BCUT2D eigenvalue weighted by atomic mass is 16.3. The van der Waals surface area contributed by atoms with Crippen LogP contribution in [0.15, 0.2) is 168 Å². The molecule has 0 N–H and O–H groups in total. The molecule has 0 saturated heterocycles. The second kappa shape index (κ2) is 10.1. The molecular formula is C43H27N3O. The Kier molecular flexibility index (Phi) is 5.54. The lowest BCUT2D eigenvalue weighted by atomic mass is 10.0. The van der Waals surface area contributed by atoms with Gasteiger partial charge in [-0.3, -0.25) is 0 Å². The topological polar surface area (TPSA) is 35.9 Å². The second-order valence-electron chi connectivity index (χ2n) is 12.0. The van der Waals surface area contributed by atoms with Crippen LogP contribution in [0.1, 0.15) is 0 Å². The van der Waals surface area contributed by atoms with E-state index >= 15 is 0 Å². The molecule has 4 heteroatoms. The first kappa shape index (κ1) is 25.9. The molecule has 0 radical (unpaired) electrons. The Balaban J connectivity index is 1.19. The Morgan fingerprint density at radius 2 is 0.936 bits per heavy atom. The molecule has 3 aromatic heterocycles. The molecule has 10 rings (SSSR count). The standard InChI is InChI=1S/C43H27N3O/c1-3-13-29(14-4-1)45-38-23-9-7-17-32(38)34-20-11-19-31(41(34)45)28-25-26-37-40(27-28)47-43(44-37)36-22-12-21-35-33-18-8-10-24-39(33)46(42(35)36)30-15-5-2-6-16-30/h1-27H. The minimum Gasteiger partial charge on any atom is -0.436 e. The van der Waals surface area contributed by atoms with Gasteiger partial charge < -0.3 is 13.6 Å². The predicted octanol–water partition coefficient (Wildman–Crippen LogP) is 11.4. The van der Waals surface area contributed by atoms with Crippen LogP contribution >= 0.6 is 0 Å². The lowest BCUT2D eigenvalue weighted by Gasteiger charge is -2.11. The van der Waals surface area contributed by atoms with Crippen molar-refractivity contribution in [1.29, 1.82) is 0 Å². The van der Waals surface area contributed by atoms with E-state index in [2.05, 4.69) is 173 Å². The van der Waals surface area contributed by atoms with E-state index in [4.69, 9.17) is 9.40 Å². The quantitative estimate of drug-likeness (QED) is 0.201. The minimum absolute atomic E-state index is 0.611. The van der Waals surface area contributed by atoms with Gasteiger partial charge in [0, 0.05) is 38.5 Å². The number of hydrogen-bond donors (Lipinski definition) is 0. The van der Waals surface area contributed by atoms with Crippen LogP contribution in [0.5, 0.6) is 0 Å². The van der Waals surface area contributed by atoms with Crippen molar-refractivity contribution in [2.75, 3.05) is 0 Å². The number of rotatable bonds is 4. The highest BCUT2D eigenvalue weighted by Crippen LogP contribution is 2.41. The molecular weight excluding hydrogens is 574 g/mol. The number of oxazole rings is 1. The van der Waals surface area contributed by atoms with Crippen LogP contribution in [-0.4, -0.2) is 14.1 Å². The van der Waals surface area contributed by atoms with Crippen LogP contribution in [0.4, 0.5) is 0 Å². The normalized spacial score (nSPS) is 11.8. The molecule has 0 saturated carbocycles. The van der Waals surface area contributed by atoms with Gasteiger partial charge in [-0.2, -0.15) is 0 Å². The number of nitrogens with zero attached hydrogens (tertiary/aromatic N) is 3. The summed E-state index contributed by atoms with van der Waals surface area (Å²) in [7, 11) is 0. The number of benzene rings is 7. The molecule has 10 aromatic rings. The lowest BCUT2D eigenvalue weighted by molar-refractivity contribution is 0.620. The highest BCUT2D eigenvalue weighted by Gasteiger charge is 2.21. The molecule has 0 fully saturated rings. The number of hydrogen-bond acceptors (Lipinski definition) is 2. The van der Waals surface area contributed by atoms with Crippen LogP contribution in [0.2, 0.25) is 0 Å². The summed E-state index contributed by atoms with van der Waals surface area (Å²) in [6, 6.07) is 57.7. The van der Waals surface area contributed by atoms with E-state index in [1.807, 2.05) is 0 Å². The van der Waals surface area contributed by atoms with Gasteiger partial charge in [0.05, 0.1) is 27.6 Å². The molecule has 7 aromatic carbocycles. The Hall–Kier alpha value is -6.39. The Bertz CT molecular complexity index is 2630. The molecule has 0 aliphatic heterocycles. The molecule has 0 amide bonds. The first-order valence-corrected chi connectivity index (χ1v) is 15.9. The summed E-state index contributed by atoms with van der Waals surface area (Å²) in [5.74, 6) is 0.611. The summed E-state index contributed by atoms with van der Waals surface area (Å²) in [5.41, 5.74) is 11.6. The predicted molar refractivity (Wildman–Crippen MR) is 194 cm³/mol. The Morgan fingerprint density at radius 1 is 0.426 bits per heavy atom. The van der Waals surface area contributed by atoms with Crippen LogP contribution < -0.4 is 0 Å². The average molecular weight is 602 g/mol. The van der Waals surface area contributed by atoms with Gasteiger partial charge in [-0.05, 0) is 60.2 Å². The van der Waals surface area contributed by atoms with Crippen molar-refractivity contribution in [2.24, 2.45) is 0 Å². The van der Waals surface area contributed by atoms with Gasteiger partial charge in [-0.15, -0.1) is 0 Å². The zero-order valence-corrected chi connectivity index (χ0v) is 25.3. The van der Waals surface area contributed by atoms with E-state index in [1.54, 1.807) is 0 Å². The molecule has 0 bridgehead atoms. The summed E-state index contributed by atoms with van der Waals surface area (Å²) in [5, 5.41) is 4.83. The fourth-order valence-electron chi connectivity index (χ4n) is 7.34. The highest BCUT2D eigenvalue weighted by molar-refractivity contribution is 6.15. The summed E-state index contributed by atoms with van der Waals surface area (Å²) in [4.78, 5) is 5.05. The molecule has 3 heterocycles. The van der Waals surface area contributed by atoms with E-state index in [1.165, 1.54) is 32.6 Å². The summed E-state index contributed by atoms with van der Waals surface area (Å²) >= 11 is 0. The smallest absolute Gasteiger partial charge is 0.229 e. The van der Waals surface area contributed by atoms with Gasteiger partial charge in [0.2, 0.25) is 5.89 Å². The third-order valence-corrected chi connectivity index (χ3v) is 9.35. The fraction of sp³-hybridized carbons (Fsp3) is 0. The monoisotopic (exact) mass is 601 g/mol. The van der Waals surface area contributed by atoms with E-state index < -0.39 is 0 Å². The zero-order valence-electron chi connectivity index (χ0n) is 25.3. The third-order valence-electron chi connectivity index (χ3n) is 9.35. The number of para-hydroxylation sites is 6. The summed E-state index contributed by atoms with van der Waals surface area (Å²) < 4.78 is 11.4. The molecule has 4 nitrogen and oxygen atoms in total. The number of fused-ring (bicyclic) bond motifs is 7. The van der Waals surface area contributed by atoms with Crippen LogP contribution in [-0.2, 0) is 0 Å². The SMILES string of the molecule is c1ccc(-n2c3ccccc3c3cccc(-c4ccc5nc(-c6cccc7c8ccccc8n(-c8ccccc8)c67)oc5c4)c32)cc1. The van der Waals surface area contributed by atoms with Crippen molar-refractivity contribution < 1.29 is 4.42 Å². The van der Waals surface area contributed by atoms with Crippen LogP contribution in [0.3, 0.4) is 0 Å². The van der Waals surface area contributed by atoms with E-state index in [-0.39, 0.29) is 0 Å². The van der Waals surface area contributed by atoms with Gasteiger partial charge in [0.25, 0.3) is 0 Å². The van der Waals surface area contributed by atoms with Gasteiger partial charge >= 0.3 is 0 Å². The summed E-state index contributed by atoms with van der Waals surface area (Å²) in [6.07, 6.45) is 0. The molecule has 0 aliphatic carbocycles. The first-order chi connectivity index (χ1) is 23.3. The van der Waals surface area contributed by atoms with Gasteiger partial charge in [0.1, 0.15) is 5.52 Å².